The number of anilines is 3. The monoisotopic (exact) mass is 794 g/mol. The zero-order chi connectivity index (χ0) is 40.3. The first kappa shape index (κ1) is 35.2. The van der Waals surface area contributed by atoms with Gasteiger partial charge in [0, 0.05) is 43.2 Å². The summed E-state index contributed by atoms with van der Waals surface area (Å²) < 4.78 is 4.99. The van der Waals surface area contributed by atoms with E-state index in [0.29, 0.717) is 0 Å². The summed E-state index contributed by atoms with van der Waals surface area (Å²) in [4.78, 5) is 2.42. The second-order valence-electron chi connectivity index (χ2n) is 15.7. The van der Waals surface area contributed by atoms with Crippen LogP contribution in [-0.4, -0.2) is 4.57 Å². The van der Waals surface area contributed by atoms with Crippen LogP contribution in [0.1, 0.15) is 0 Å². The molecule has 0 spiro atoms. The highest BCUT2D eigenvalue weighted by molar-refractivity contribution is 7.26. The van der Waals surface area contributed by atoms with Gasteiger partial charge in [0.1, 0.15) is 0 Å². The van der Waals surface area contributed by atoms with Crippen LogP contribution in [0, 0.1) is 0 Å². The average Bonchev–Trinajstić information content (AvgIpc) is 3.89. The molecule has 12 aromatic rings. The van der Waals surface area contributed by atoms with E-state index in [-0.39, 0.29) is 0 Å². The van der Waals surface area contributed by atoms with Crippen LogP contribution in [0.5, 0.6) is 0 Å². The smallest absolute Gasteiger partial charge is 0.0640 e. The van der Waals surface area contributed by atoms with E-state index in [1.165, 1.54) is 97.5 Å². The van der Waals surface area contributed by atoms with E-state index in [2.05, 4.69) is 240 Å². The highest BCUT2D eigenvalue weighted by Crippen LogP contribution is 2.46. The number of thiophene rings is 1. The van der Waals surface area contributed by atoms with Crippen LogP contribution in [0.2, 0.25) is 0 Å². The van der Waals surface area contributed by atoms with Gasteiger partial charge in [-0.25, -0.2) is 0 Å². The summed E-state index contributed by atoms with van der Waals surface area (Å²) in [6.07, 6.45) is 0. The van der Waals surface area contributed by atoms with E-state index in [0.717, 1.165) is 11.4 Å². The number of hydrogen-bond acceptors (Lipinski definition) is 2. The fourth-order valence-electron chi connectivity index (χ4n) is 9.34. The van der Waals surface area contributed by atoms with Gasteiger partial charge < -0.3 is 9.47 Å². The van der Waals surface area contributed by atoms with Gasteiger partial charge in [-0.2, -0.15) is 0 Å². The maximum Gasteiger partial charge on any atom is 0.0640 e. The van der Waals surface area contributed by atoms with Gasteiger partial charge >= 0.3 is 0 Å². The lowest BCUT2D eigenvalue weighted by atomic mass is 9.98. The van der Waals surface area contributed by atoms with E-state index in [4.69, 9.17) is 0 Å². The van der Waals surface area contributed by atoms with Crippen LogP contribution >= 0.6 is 11.3 Å². The minimum Gasteiger partial charge on any atom is -0.309 e. The van der Waals surface area contributed by atoms with Gasteiger partial charge in [-0.15, -0.1) is 11.3 Å². The molecule has 0 aliphatic heterocycles. The van der Waals surface area contributed by atoms with Crippen LogP contribution < -0.4 is 4.90 Å². The summed E-state index contributed by atoms with van der Waals surface area (Å²) in [6.45, 7) is 0. The molecule has 0 N–H and O–H groups in total. The van der Waals surface area contributed by atoms with E-state index < -0.39 is 0 Å². The number of fused-ring (bicyclic) bond motifs is 7. The summed E-state index contributed by atoms with van der Waals surface area (Å²) in [5.41, 5.74) is 14.2. The largest absolute Gasteiger partial charge is 0.309 e. The second-order valence-corrected chi connectivity index (χ2v) is 16.7. The number of rotatable bonds is 7. The van der Waals surface area contributed by atoms with Crippen molar-refractivity contribution >= 4 is 81.1 Å². The summed E-state index contributed by atoms with van der Waals surface area (Å²) in [7, 11) is 0. The van der Waals surface area contributed by atoms with E-state index in [9.17, 15) is 0 Å². The van der Waals surface area contributed by atoms with Gasteiger partial charge in [0.05, 0.1) is 27.1 Å². The molecule has 0 radical (unpaired) electrons. The maximum atomic E-state index is 2.42. The summed E-state index contributed by atoms with van der Waals surface area (Å²) in [6, 6.07) is 84.0. The number of aromatic nitrogens is 1. The molecule has 0 unspecified atom stereocenters. The van der Waals surface area contributed by atoms with Crippen LogP contribution in [0.3, 0.4) is 0 Å². The predicted octanol–water partition coefficient (Wildman–Crippen LogP) is 16.8. The molecule has 2 aromatic heterocycles. The Kier molecular flexibility index (Phi) is 8.39. The van der Waals surface area contributed by atoms with E-state index in [1.54, 1.807) is 0 Å². The lowest BCUT2D eigenvalue weighted by Gasteiger charge is -2.26. The average molecular weight is 795 g/mol. The second kappa shape index (κ2) is 14.5. The summed E-state index contributed by atoms with van der Waals surface area (Å²) in [5.74, 6) is 0. The molecule has 0 aliphatic rings. The third-order valence-electron chi connectivity index (χ3n) is 12.2. The van der Waals surface area contributed by atoms with Crippen molar-refractivity contribution < 1.29 is 0 Å². The molecule has 286 valence electrons. The van der Waals surface area contributed by atoms with Gasteiger partial charge in [0.2, 0.25) is 0 Å². The molecule has 61 heavy (non-hydrogen) atoms. The Morgan fingerprint density at radius 1 is 0.328 bits per heavy atom. The molecule has 0 saturated carbocycles. The Morgan fingerprint density at radius 3 is 1.52 bits per heavy atom. The van der Waals surface area contributed by atoms with Gasteiger partial charge in [-0.3, -0.25) is 0 Å². The Bertz CT molecular complexity index is 3520. The molecule has 0 fully saturated rings. The Labute approximate surface area is 358 Å². The molecule has 0 atom stereocenters. The predicted molar refractivity (Wildman–Crippen MR) is 262 cm³/mol. The van der Waals surface area contributed by atoms with Gasteiger partial charge in [-0.1, -0.05) is 176 Å². The third-order valence-corrected chi connectivity index (χ3v) is 13.4. The minimum atomic E-state index is 1.11. The zero-order valence-corrected chi connectivity index (χ0v) is 34.1. The first-order valence-corrected chi connectivity index (χ1v) is 21.7. The Balaban J connectivity index is 0.920. The number of para-hydroxylation sites is 3. The minimum absolute atomic E-state index is 1.11. The molecule has 0 bridgehead atoms. The number of benzene rings is 10. The highest BCUT2D eigenvalue weighted by atomic mass is 32.1. The van der Waals surface area contributed by atoms with Crippen molar-refractivity contribution in [2.24, 2.45) is 0 Å². The first-order chi connectivity index (χ1) is 30.3. The van der Waals surface area contributed by atoms with E-state index >= 15 is 0 Å². The van der Waals surface area contributed by atoms with Gasteiger partial charge in [0.15, 0.2) is 0 Å². The van der Waals surface area contributed by atoms with Crippen molar-refractivity contribution in [3.63, 3.8) is 0 Å². The van der Waals surface area contributed by atoms with Crippen molar-refractivity contribution in [1.29, 1.82) is 0 Å². The van der Waals surface area contributed by atoms with Crippen molar-refractivity contribution in [3.8, 4) is 39.1 Å². The van der Waals surface area contributed by atoms with Gasteiger partial charge in [-0.05, 0) is 93.2 Å². The Hall–Kier alpha value is -7.72. The molecule has 12 rings (SSSR count). The fourth-order valence-corrected chi connectivity index (χ4v) is 10.5. The summed E-state index contributed by atoms with van der Waals surface area (Å²) in [5, 5.41) is 7.63. The lowest BCUT2D eigenvalue weighted by Crippen LogP contribution is -2.10. The summed E-state index contributed by atoms with van der Waals surface area (Å²) >= 11 is 1.86. The lowest BCUT2D eigenvalue weighted by molar-refractivity contribution is 1.18. The first-order valence-electron chi connectivity index (χ1n) is 20.8. The topological polar surface area (TPSA) is 8.17 Å². The SMILES string of the molecule is c1ccc(-n2c3ccccc3c3ccccc32)c(-c2ccc(-c3ccc(N(c4ccc(-c5cccc6ccccc56)cc4)c4cccc5c4sc4ccccc45)cc3)cc2)c1. The molecule has 2 heterocycles. The van der Waals surface area contributed by atoms with Crippen molar-refractivity contribution in [2.75, 3.05) is 4.90 Å². The number of hydrogen-bond donors (Lipinski definition) is 0. The molecule has 2 nitrogen and oxygen atoms in total. The highest BCUT2D eigenvalue weighted by Gasteiger charge is 2.19. The van der Waals surface area contributed by atoms with Crippen LogP contribution in [-0.2, 0) is 0 Å². The maximum absolute atomic E-state index is 2.42. The molecule has 10 aromatic carbocycles. The normalized spacial score (nSPS) is 11.6. The molecule has 0 saturated heterocycles. The molecule has 0 amide bonds. The molecular weight excluding hydrogens is 757 g/mol. The zero-order valence-electron chi connectivity index (χ0n) is 33.2. The van der Waals surface area contributed by atoms with Crippen molar-refractivity contribution in [2.45, 2.75) is 0 Å². The van der Waals surface area contributed by atoms with Crippen molar-refractivity contribution in [1.82, 2.24) is 4.57 Å². The quantitative estimate of drug-likeness (QED) is 0.156. The number of nitrogens with zero attached hydrogens (tertiary/aromatic N) is 2. The van der Waals surface area contributed by atoms with E-state index in [1.807, 2.05) is 11.3 Å². The van der Waals surface area contributed by atoms with Crippen LogP contribution in [0.25, 0.3) is 91.8 Å². The van der Waals surface area contributed by atoms with Gasteiger partial charge in [0.25, 0.3) is 0 Å². The standard InChI is InChI=1S/C58H38N2S/c1-2-15-46-41(13-1)14-11-20-47(46)42-33-37-45(38-34-42)59(56-25-12-21-52-51-19-6-10-26-57(51)61-58(52)56)44-35-31-40(32-36-44)39-27-29-43(30-28-39)48-16-3-7-22-53(48)60-54-23-8-4-17-49(54)50-18-5-9-24-55(50)60/h1-38H. The Morgan fingerprint density at radius 2 is 0.803 bits per heavy atom. The van der Waals surface area contributed by atoms with Crippen LogP contribution in [0.4, 0.5) is 17.1 Å². The third kappa shape index (κ3) is 5.93. The van der Waals surface area contributed by atoms with Crippen molar-refractivity contribution in [3.05, 3.63) is 231 Å². The molecular formula is C58H38N2S. The fraction of sp³-hybridized carbons (Fsp3) is 0. The molecule has 3 heteroatoms. The van der Waals surface area contributed by atoms with Crippen LogP contribution in [0.15, 0.2) is 231 Å². The molecule has 0 aliphatic carbocycles.